The molecule has 1 amide bonds. The van der Waals surface area contributed by atoms with Crippen molar-refractivity contribution in [2.75, 3.05) is 7.05 Å². The Labute approximate surface area is 144 Å². The fourth-order valence-electron chi connectivity index (χ4n) is 3.25. The molecule has 0 bridgehead atoms. The Morgan fingerprint density at radius 1 is 1.12 bits per heavy atom. The summed E-state index contributed by atoms with van der Waals surface area (Å²) in [5.74, 6) is 0.904. The van der Waals surface area contributed by atoms with Crippen LogP contribution in [-0.4, -0.2) is 32.6 Å². The van der Waals surface area contributed by atoms with Crippen LogP contribution in [0.15, 0.2) is 54.6 Å². The predicted octanol–water partition coefficient (Wildman–Crippen LogP) is 2.84. The Balaban J connectivity index is 1.81. The van der Waals surface area contributed by atoms with Crippen LogP contribution >= 0.6 is 0 Å². The van der Waals surface area contributed by atoms with Gasteiger partial charge >= 0.3 is 0 Å². The lowest BCUT2D eigenvalue weighted by molar-refractivity contribution is -0.135. The van der Waals surface area contributed by atoms with E-state index in [-0.39, 0.29) is 11.7 Å². The Morgan fingerprint density at radius 2 is 1.92 bits per heavy atom. The second-order valence-electron chi connectivity index (χ2n) is 6.22. The monoisotopic (exact) mass is 336 g/mol. The molecule has 0 spiro atoms. The molecule has 1 aliphatic heterocycles. The Bertz CT molecular complexity index is 922. The lowest BCUT2D eigenvalue weighted by atomic mass is 10.0. The third-order valence-electron chi connectivity index (χ3n) is 4.47. The average Bonchev–Trinajstić information content (AvgIpc) is 3.03. The molecule has 5 nitrogen and oxygen atoms in total. The van der Waals surface area contributed by atoms with Gasteiger partial charge in [-0.05, 0) is 17.7 Å². The summed E-state index contributed by atoms with van der Waals surface area (Å²) in [4.78, 5) is 14.5. The van der Waals surface area contributed by atoms with Gasteiger partial charge in [-0.3, -0.25) is 9.36 Å². The van der Waals surface area contributed by atoms with Crippen molar-refractivity contribution in [3.05, 3.63) is 71.8 Å². The molecular weight excluding hydrogens is 319 g/mol. The number of carbonyl (C=O) groups excluding carboxylic acids is 1. The first-order chi connectivity index (χ1) is 12.1. The Kier molecular flexibility index (Phi) is 3.80. The van der Waals surface area contributed by atoms with Gasteiger partial charge in [0.25, 0.3) is 0 Å². The third-order valence-corrected chi connectivity index (χ3v) is 4.47. The van der Waals surface area contributed by atoms with Gasteiger partial charge in [0.15, 0.2) is 11.6 Å². The van der Waals surface area contributed by atoms with Crippen molar-refractivity contribution in [1.82, 2.24) is 19.7 Å². The summed E-state index contributed by atoms with van der Waals surface area (Å²) in [6, 6.07) is 15.6. The second-order valence-corrected chi connectivity index (χ2v) is 6.22. The molecule has 0 radical (unpaired) electrons. The Hall–Kier alpha value is -3.02. The van der Waals surface area contributed by atoms with Crippen LogP contribution in [0.2, 0.25) is 0 Å². The highest BCUT2D eigenvalue weighted by Crippen LogP contribution is 2.30. The van der Waals surface area contributed by atoms with Crippen LogP contribution in [0.4, 0.5) is 4.39 Å². The highest BCUT2D eigenvalue weighted by Gasteiger charge is 2.34. The molecule has 25 heavy (non-hydrogen) atoms. The maximum atomic E-state index is 13.6. The van der Waals surface area contributed by atoms with E-state index in [0.717, 1.165) is 5.56 Å². The van der Waals surface area contributed by atoms with E-state index in [1.54, 1.807) is 24.1 Å². The normalized spacial score (nSPS) is 16.8. The molecule has 4 rings (SSSR count). The summed E-state index contributed by atoms with van der Waals surface area (Å²) in [5.41, 5.74) is 1.68. The van der Waals surface area contributed by atoms with Gasteiger partial charge in [0.05, 0.1) is 6.54 Å². The van der Waals surface area contributed by atoms with E-state index in [0.29, 0.717) is 30.2 Å². The summed E-state index contributed by atoms with van der Waals surface area (Å²) < 4.78 is 15.5. The predicted molar refractivity (Wildman–Crippen MR) is 91.1 cm³/mol. The molecule has 0 aliphatic carbocycles. The number of likely N-dealkylation sites (N-methyl/N-ethyl adjacent to an activating group) is 1. The molecule has 1 aliphatic rings. The lowest BCUT2D eigenvalue weighted by Gasteiger charge is -2.31. The van der Waals surface area contributed by atoms with Crippen molar-refractivity contribution in [1.29, 1.82) is 0 Å². The molecule has 1 atom stereocenters. The molecule has 0 unspecified atom stereocenters. The van der Waals surface area contributed by atoms with Crippen LogP contribution in [0, 0.1) is 5.82 Å². The summed E-state index contributed by atoms with van der Waals surface area (Å²) in [6.07, 6.45) is 0.539. The zero-order valence-electron chi connectivity index (χ0n) is 13.8. The number of nitrogens with zero attached hydrogens (tertiary/aromatic N) is 4. The maximum absolute atomic E-state index is 13.6. The van der Waals surface area contributed by atoms with E-state index in [4.69, 9.17) is 0 Å². The third kappa shape index (κ3) is 2.80. The highest BCUT2D eigenvalue weighted by atomic mass is 19.1. The van der Waals surface area contributed by atoms with E-state index in [2.05, 4.69) is 10.2 Å². The van der Waals surface area contributed by atoms with Gasteiger partial charge in [-0.1, -0.05) is 42.5 Å². The van der Waals surface area contributed by atoms with Crippen molar-refractivity contribution in [3.63, 3.8) is 0 Å². The lowest BCUT2D eigenvalue weighted by Crippen LogP contribution is -2.41. The van der Waals surface area contributed by atoms with Crippen LogP contribution in [0.5, 0.6) is 0 Å². The molecule has 0 saturated heterocycles. The van der Waals surface area contributed by atoms with Crippen LogP contribution in [0.3, 0.4) is 0 Å². The van der Waals surface area contributed by atoms with Gasteiger partial charge in [0, 0.05) is 19.0 Å². The SMILES string of the molecule is CN1Cc2nnc(-c3cccc(F)c3)n2[C@H](Cc2ccccc2)C1=O. The van der Waals surface area contributed by atoms with Crippen molar-refractivity contribution in [2.45, 2.75) is 19.0 Å². The summed E-state index contributed by atoms with van der Waals surface area (Å²) in [6.45, 7) is 0.395. The largest absolute Gasteiger partial charge is 0.336 e. The summed E-state index contributed by atoms with van der Waals surface area (Å²) >= 11 is 0. The number of hydrogen-bond acceptors (Lipinski definition) is 3. The molecule has 2 aromatic carbocycles. The number of halogens is 1. The van der Waals surface area contributed by atoms with E-state index in [9.17, 15) is 9.18 Å². The van der Waals surface area contributed by atoms with Gasteiger partial charge in [0.2, 0.25) is 5.91 Å². The average molecular weight is 336 g/mol. The molecule has 1 aromatic heterocycles. The first kappa shape index (κ1) is 15.5. The van der Waals surface area contributed by atoms with E-state index < -0.39 is 6.04 Å². The number of fused-ring (bicyclic) bond motifs is 1. The fourth-order valence-corrected chi connectivity index (χ4v) is 3.25. The maximum Gasteiger partial charge on any atom is 0.246 e. The van der Waals surface area contributed by atoms with Crippen LogP contribution in [0.1, 0.15) is 17.4 Å². The number of hydrogen-bond donors (Lipinski definition) is 0. The molecule has 2 heterocycles. The minimum Gasteiger partial charge on any atom is -0.336 e. The highest BCUT2D eigenvalue weighted by molar-refractivity contribution is 5.82. The number of benzene rings is 2. The zero-order chi connectivity index (χ0) is 17.4. The minimum atomic E-state index is -0.440. The molecule has 6 heteroatoms. The van der Waals surface area contributed by atoms with Gasteiger partial charge in [-0.15, -0.1) is 10.2 Å². The Morgan fingerprint density at radius 3 is 2.68 bits per heavy atom. The summed E-state index contributed by atoms with van der Waals surface area (Å²) in [7, 11) is 1.76. The standard InChI is InChI=1S/C19H17FN4O/c1-23-12-17-21-22-18(14-8-5-9-15(20)11-14)24(17)16(19(23)25)10-13-6-3-2-4-7-13/h2-9,11,16H,10,12H2,1H3/t16-/m1/s1. The number of aromatic nitrogens is 3. The van der Waals surface area contributed by atoms with Gasteiger partial charge in [0.1, 0.15) is 11.9 Å². The van der Waals surface area contributed by atoms with Crippen molar-refractivity contribution in [3.8, 4) is 11.4 Å². The molecular formula is C19H17FN4O. The molecule has 126 valence electrons. The van der Waals surface area contributed by atoms with Crippen LogP contribution in [-0.2, 0) is 17.8 Å². The molecule has 3 aromatic rings. The molecule has 0 fully saturated rings. The molecule has 0 N–H and O–H groups in total. The van der Waals surface area contributed by atoms with Gasteiger partial charge < -0.3 is 4.90 Å². The fraction of sp³-hybridized carbons (Fsp3) is 0.211. The van der Waals surface area contributed by atoms with Crippen molar-refractivity contribution >= 4 is 5.91 Å². The van der Waals surface area contributed by atoms with E-state index in [1.807, 2.05) is 34.9 Å². The number of rotatable bonds is 3. The van der Waals surface area contributed by atoms with Gasteiger partial charge in [-0.2, -0.15) is 0 Å². The summed E-state index contributed by atoms with van der Waals surface area (Å²) in [5, 5.41) is 8.47. The van der Waals surface area contributed by atoms with Crippen LogP contribution < -0.4 is 0 Å². The van der Waals surface area contributed by atoms with E-state index >= 15 is 0 Å². The minimum absolute atomic E-state index is 0.00815. The molecule has 0 saturated carbocycles. The quantitative estimate of drug-likeness (QED) is 0.739. The topological polar surface area (TPSA) is 51.0 Å². The van der Waals surface area contributed by atoms with Gasteiger partial charge in [-0.25, -0.2) is 4.39 Å². The number of amides is 1. The first-order valence-electron chi connectivity index (χ1n) is 8.12. The zero-order valence-corrected chi connectivity index (χ0v) is 13.8. The van der Waals surface area contributed by atoms with Crippen LogP contribution in [0.25, 0.3) is 11.4 Å². The second kappa shape index (κ2) is 6.12. The first-order valence-corrected chi connectivity index (χ1v) is 8.12. The van der Waals surface area contributed by atoms with Crippen molar-refractivity contribution in [2.24, 2.45) is 0 Å². The van der Waals surface area contributed by atoms with Crippen molar-refractivity contribution < 1.29 is 9.18 Å². The smallest absolute Gasteiger partial charge is 0.246 e. The van der Waals surface area contributed by atoms with E-state index in [1.165, 1.54) is 12.1 Å². The number of carbonyl (C=O) groups is 1.